The zero-order valence-corrected chi connectivity index (χ0v) is 8.66. The number of hydrogen-bond acceptors (Lipinski definition) is 3. The first-order valence-electron chi connectivity index (χ1n) is 4.51. The molecule has 0 aliphatic carbocycles. The fourth-order valence-electron chi connectivity index (χ4n) is 1.05. The lowest BCUT2D eigenvalue weighted by molar-refractivity contribution is 0.209. The monoisotopic (exact) mass is 209 g/mol. The largest absolute Gasteiger partial charge is 0.497 e. The Morgan fingerprint density at radius 1 is 1.40 bits per heavy atom. The van der Waals surface area contributed by atoms with Crippen LogP contribution in [0.4, 0.5) is 4.39 Å². The highest BCUT2D eigenvalue weighted by Crippen LogP contribution is 2.22. The third-order valence-corrected chi connectivity index (χ3v) is 1.72. The lowest BCUT2D eigenvalue weighted by Gasteiger charge is -2.08. The van der Waals surface area contributed by atoms with Crippen LogP contribution >= 0.6 is 0 Å². The maximum absolute atomic E-state index is 12.5. The van der Waals surface area contributed by atoms with Crippen LogP contribution in [0.15, 0.2) is 18.2 Å². The molecule has 1 unspecified atom stereocenters. The van der Waals surface area contributed by atoms with Crippen LogP contribution in [0.3, 0.4) is 0 Å². The van der Waals surface area contributed by atoms with Crippen molar-refractivity contribution < 1.29 is 13.9 Å². The molecule has 0 fully saturated rings. The summed E-state index contributed by atoms with van der Waals surface area (Å²) in [5.41, 5.74) is 0.427. The smallest absolute Gasteiger partial charge is 0.131 e. The van der Waals surface area contributed by atoms with Crippen molar-refractivity contribution in [1.82, 2.24) is 0 Å². The van der Waals surface area contributed by atoms with Crippen LogP contribution in [0.5, 0.6) is 11.5 Å². The molecule has 1 aromatic rings. The van der Waals surface area contributed by atoms with E-state index in [1.165, 1.54) is 14.0 Å². The van der Waals surface area contributed by atoms with Gasteiger partial charge in [-0.05, 0) is 19.1 Å². The van der Waals surface area contributed by atoms with Gasteiger partial charge in [0.1, 0.15) is 24.3 Å². The summed E-state index contributed by atoms with van der Waals surface area (Å²) in [6.45, 7) is 1.38. The Hall–Kier alpha value is -1.76. The van der Waals surface area contributed by atoms with E-state index in [1.807, 2.05) is 6.07 Å². The molecule has 0 aliphatic rings. The summed E-state index contributed by atoms with van der Waals surface area (Å²) >= 11 is 0. The summed E-state index contributed by atoms with van der Waals surface area (Å²) < 4.78 is 22.7. The lowest BCUT2D eigenvalue weighted by atomic mass is 10.2. The van der Waals surface area contributed by atoms with Crippen molar-refractivity contribution in [1.29, 1.82) is 5.26 Å². The fraction of sp³-hybridized carbons (Fsp3) is 0.364. The first-order chi connectivity index (χ1) is 7.15. The topological polar surface area (TPSA) is 42.2 Å². The van der Waals surface area contributed by atoms with Gasteiger partial charge in [-0.2, -0.15) is 5.26 Å². The van der Waals surface area contributed by atoms with Gasteiger partial charge >= 0.3 is 0 Å². The van der Waals surface area contributed by atoms with Crippen LogP contribution in [-0.4, -0.2) is 19.9 Å². The van der Waals surface area contributed by atoms with Crippen LogP contribution in [0.25, 0.3) is 0 Å². The third-order valence-electron chi connectivity index (χ3n) is 1.72. The van der Waals surface area contributed by atoms with E-state index in [2.05, 4.69) is 0 Å². The maximum atomic E-state index is 12.5. The molecule has 1 aromatic carbocycles. The zero-order valence-electron chi connectivity index (χ0n) is 8.66. The highest BCUT2D eigenvalue weighted by atomic mass is 19.1. The van der Waals surface area contributed by atoms with Gasteiger partial charge in [0.2, 0.25) is 0 Å². The summed E-state index contributed by atoms with van der Waals surface area (Å²) in [4.78, 5) is 0. The van der Waals surface area contributed by atoms with Crippen molar-refractivity contribution >= 4 is 0 Å². The standard InChI is InChI=1S/C11H12FNO2/c1-8(12)7-15-11-4-9(6-13)3-10(5-11)14-2/h3-5,8H,7H2,1-2H3. The van der Waals surface area contributed by atoms with E-state index < -0.39 is 6.17 Å². The summed E-state index contributed by atoms with van der Waals surface area (Å²) in [5, 5.41) is 8.72. The van der Waals surface area contributed by atoms with Gasteiger partial charge in [0.25, 0.3) is 0 Å². The Morgan fingerprint density at radius 3 is 2.60 bits per heavy atom. The van der Waals surface area contributed by atoms with Crippen LogP contribution in [-0.2, 0) is 0 Å². The molecule has 15 heavy (non-hydrogen) atoms. The molecule has 0 spiro atoms. The number of hydrogen-bond donors (Lipinski definition) is 0. The SMILES string of the molecule is COc1cc(C#N)cc(OCC(C)F)c1. The second-order valence-electron chi connectivity index (χ2n) is 3.10. The third kappa shape index (κ3) is 3.47. The van der Waals surface area contributed by atoms with Gasteiger partial charge in [0.05, 0.1) is 18.7 Å². The molecule has 0 bridgehead atoms. The highest BCUT2D eigenvalue weighted by Gasteiger charge is 2.04. The van der Waals surface area contributed by atoms with Crippen molar-refractivity contribution in [2.24, 2.45) is 0 Å². The van der Waals surface area contributed by atoms with E-state index in [0.717, 1.165) is 0 Å². The van der Waals surface area contributed by atoms with Crippen LogP contribution < -0.4 is 9.47 Å². The molecule has 1 atom stereocenters. The number of ether oxygens (including phenoxy) is 2. The first-order valence-corrected chi connectivity index (χ1v) is 4.51. The van der Waals surface area contributed by atoms with E-state index in [-0.39, 0.29) is 6.61 Å². The molecule has 0 N–H and O–H groups in total. The Bertz CT molecular complexity index is 371. The molecule has 0 amide bonds. The van der Waals surface area contributed by atoms with Gasteiger partial charge in [-0.25, -0.2) is 4.39 Å². The minimum absolute atomic E-state index is 0.0297. The average molecular weight is 209 g/mol. The molecule has 0 aliphatic heterocycles. The number of nitriles is 1. The molecule has 0 heterocycles. The number of rotatable bonds is 4. The van der Waals surface area contributed by atoms with E-state index in [4.69, 9.17) is 14.7 Å². The van der Waals surface area contributed by atoms with Gasteiger partial charge in [-0.3, -0.25) is 0 Å². The van der Waals surface area contributed by atoms with E-state index in [0.29, 0.717) is 17.1 Å². The Balaban J connectivity index is 2.83. The van der Waals surface area contributed by atoms with E-state index in [1.54, 1.807) is 18.2 Å². The first kappa shape index (κ1) is 11.3. The van der Waals surface area contributed by atoms with Crippen LogP contribution in [0, 0.1) is 11.3 Å². The normalized spacial score (nSPS) is 11.6. The van der Waals surface area contributed by atoms with Gasteiger partial charge in [-0.15, -0.1) is 0 Å². The Morgan fingerprint density at radius 2 is 2.07 bits per heavy atom. The van der Waals surface area contributed by atoms with Gasteiger partial charge in [-0.1, -0.05) is 0 Å². The predicted molar refractivity (Wildman–Crippen MR) is 53.8 cm³/mol. The summed E-state index contributed by atoms with van der Waals surface area (Å²) in [7, 11) is 1.50. The molecule has 0 saturated carbocycles. The molecule has 0 radical (unpaired) electrons. The Labute approximate surface area is 88.0 Å². The van der Waals surface area contributed by atoms with Crippen molar-refractivity contribution in [2.45, 2.75) is 13.1 Å². The summed E-state index contributed by atoms with van der Waals surface area (Å²) in [6, 6.07) is 6.73. The van der Waals surface area contributed by atoms with Crippen molar-refractivity contribution in [3.63, 3.8) is 0 Å². The quantitative estimate of drug-likeness (QED) is 0.764. The van der Waals surface area contributed by atoms with Crippen molar-refractivity contribution in [3.8, 4) is 17.6 Å². The molecule has 0 saturated heterocycles. The van der Waals surface area contributed by atoms with Crippen molar-refractivity contribution in [3.05, 3.63) is 23.8 Å². The molecule has 1 rings (SSSR count). The number of halogens is 1. The Kier molecular flexibility index (Phi) is 3.92. The van der Waals surface area contributed by atoms with E-state index >= 15 is 0 Å². The molecule has 0 aromatic heterocycles. The summed E-state index contributed by atoms with van der Waals surface area (Å²) in [5.74, 6) is 0.964. The molecule has 4 heteroatoms. The van der Waals surface area contributed by atoms with Crippen LogP contribution in [0.1, 0.15) is 12.5 Å². The second-order valence-corrected chi connectivity index (χ2v) is 3.10. The number of nitrogens with zero attached hydrogens (tertiary/aromatic N) is 1. The molecule has 3 nitrogen and oxygen atoms in total. The van der Waals surface area contributed by atoms with Gasteiger partial charge in [0.15, 0.2) is 0 Å². The minimum atomic E-state index is -1.04. The average Bonchev–Trinajstić information content (AvgIpc) is 2.25. The minimum Gasteiger partial charge on any atom is -0.497 e. The fourth-order valence-corrected chi connectivity index (χ4v) is 1.05. The maximum Gasteiger partial charge on any atom is 0.131 e. The molecular weight excluding hydrogens is 197 g/mol. The number of methoxy groups -OCH3 is 1. The molecule has 80 valence electrons. The van der Waals surface area contributed by atoms with Crippen LogP contribution in [0.2, 0.25) is 0 Å². The highest BCUT2D eigenvalue weighted by molar-refractivity contribution is 5.43. The second kappa shape index (κ2) is 5.20. The summed E-state index contributed by atoms with van der Waals surface area (Å²) in [6.07, 6.45) is -1.04. The number of alkyl halides is 1. The van der Waals surface area contributed by atoms with Crippen molar-refractivity contribution in [2.75, 3.05) is 13.7 Å². The lowest BCUT2D eigenvalue weighted by Crippen LogP contribution is -2.08. The van der Waals surface area contributed by atoms with E-state index in [9.17, 15) is 4.39 Å². The van der Waals surface area contributed by atoms with Gasteiger partial charge < -0.3 is 9.47 Å². The molecular formula is C11H12FNO2. The predicted octanol–water partition coefficient (Wildman–Crippen LogP) is 2.30. The zero-order chi connectivity index (χ0) is 11.3. The number of benzene rings is 1. The van der Waals surface area contributed by atoms with Gasteiger partial charge in [0, 0.05) is 6.07 Å².